The summed E-state index contributed by atoms with van der Waals surface area (Å²) in [6.07, 6.45) is 0.846. The van der Waals surface area contributed by atoms with Crippen molar-refractivity contribution >= 4 is 11.3 Å². The molecule has 4 heteroatoms. The third-order valence-electron chi connectivity index (χ3n) is 3.32. The van der Waals surface area contributed by atoms with Gasteiger partial charge in [-0.3, -0.25) is 0 Å². The van der Waals surface area contributed by atoms with Crippen molar-refractivity contribution < 1.29 is 9.84 Å². The van der Waals surface area contributed by atoms with Crippen molar-refractivity contribution in [1.82, 2.24) is 4.98 Å². The van der Waals surface area contributed by atoms with Gasteiger partial charge in [0.2, 0.25) is 0 Å². The van der Waals surface area contributed by atoms with Crippen molar-refractivity contribution in [3.63, 3.8) is 0 Å². The number of aliphatic hydroxyl groups excluding tert-OH is 1. The predicted octanol–water partition coefficient (Wildman–Crippen LogP) is 3.81. The van der Waals surface area contributed by atoms with E-state index in [1.165, 1.54) is 5.56 Å². The Kier molecular flexibility index (Phi) is 4.83. The first-order chi connectivity index (χ1) is 10.8. The summed E-state index contributed by atoms with van der Waals surface area (Å²) in [5.74, 6) is 0.711. The Morgan fingerprint density at radius 3 is 2.59 bits per heavy atom. The van der Waals surface area contributed by atoms with Gasteiger partial charge in [0.25, 0.3) is 0 Å². The Balaban J connectivity index is 1.62. The number of rotatable bonds is 6. The molecule has 2 aromatic carbocycles. The summed E-state index contributed by atoms with van der Waals surface area (Å²) < 4.78 is 5.76. The fourth-order valence-electron chi connectivity index (χ4n) is 2.19. The third kappa shape index (κ3) is 3.72. The zero-order valence-electron chi connectivity index (χ0n) is 12.1. The molecular weight excluding hydrogens is 294 g/mol. The van der Waals surface area contributed by atoms with E-state index in [1.807, 2.05) is 47.8 Å². The summed E-state index contributed by atoms with van der Waals surface area (Å²) >= 11 is 1.65. The minimum Gasteiger partial charge on any atom is -0.487 e. The minimum absolute atomic E-state index is 0.0213. The van der Waals surface area contributed by atoms with Crippen LogP contribution in [0.4, 0.5) is 0 Å². The zero-order valence-corrected chi connectivity index (χ0v) is 12.9. The van der Waals surface area contributed by atoms with Gasteiger partial charge in [-0.25, -0.2) is 4.98 Å². The van der Waals surface area contributed by atoms with Crippen LogP contribution in [0.2, 0.25) is 0 Å². The number of ether oxygens (including phenoxy) is 1. The zero-order chi connectivity index (χ0) is 15.2. The van der Waals surface area contributed by atoms with Crippen LogP contribution in [0.25, 0.3) is 0 Å². The van der Waals surface area contributed by atoms with Crippen molar-refractivity contribution in [1.29, 1.82) is 0 Å². The van der Waals surface area contributed by atoms with Gasteiger partial charge in [-0.05, 0) is 11.6 Å². The molecule has 3 nitrogen and oxygen atoms in total. The van der Waals surface area contributed by atoms with E-state index in [-0.39, 0.29) is 6.61 Å². The molecule has 112 valence electrons. The molecule has 1 N–H and O–H groups in total. The highest BCUT2D eigenvalue weighted by Crippen LogP contribution is 2.20. The molecular formula is C18H17NO2S. The van der Waals surface area contributed by atoms with Crippen LogP contribution in [0, 0.1) is 0 Å². The van der Waals surface area contributed by atoms with Gasteiger partial charge < -0.3 is 9.84 Å². The van der Waals surface area contributed by atoms with Crippen LogP contribution >= 0.6 is 11.3 Å². The lowest BCUT2D eigenvalue weighted by Crippen LogP contribution is -1.99. The maximum atomic E-state index is 9.29. The fourth-order valence-corrected chi connectivity index (χ4v) is 3.01. The Labute approximate surface area is 133 Å². The topological polar surface area (TPSA) is 42.4 Å². The van der Waals surface area contributed by atoms with Gasteiger partial charge in [-0.2, -0.15) is 0 Å². The SMILES string of the molecule is OCc1ccccc1OCc1csc(Cc2ccccc2)n1. The average molecular weight is 311 g/mol. The van der Waals surface area contributed by atoms with E-state index < -0.39 is 0 Å². The molecule has 0 spiro atoms. The molecule has 0 fully saturated rings. The lowest BCUT2D eigenvalue weighted by atomic mass is 10.2. The number of benzene rings is 2. The molecule has 1 heterocycles. The molecule has 0 bridgehead atoms. The number of aliphatic hydroxyl groups is 1. The van der Waals surface area contributed by atoms with Crippen molar-refractivity contribution in [2.24, 2.45) is 0 Å². The second-order valence-electron chi connectivity index (χ2n) is 4.95. The predicted molar refractivity (Wildman–Crippen MR) is 88.1 cm³/mol. The number of para-hydroxylation sites is 1. The molecule has 3 rings (SSSR count). The Bertz CT molecular complexity index is 725. The molecule has 0 aliphatic carbocycles. The highest BCUT2D eigenvalue weighted by atomic mass is 32.1. The number of hydrogen-bond acceptors (Lipinski definition) is 4. The van der Waals surface area contributed by atoms with E-state index in [2.05, 4.69) is 17.1 Å². The number of thiazole rings is 1. The molecule has 0 radical (unpaired) electrons. The van der Waals surface area contributed by atoms with Crippen LogP contribution in [0.3, 0.4) is 0 Å². The lowest BCUT2D eigenvalue weighted by Gasteiger charge is -2.08. The molecule has 22 heavy (non-hydrogen) atoms. The summed E-state index contributed by atoms with van der Waals surface area (Å²) in [7, 11) is 0. The fraction of sp³-hybridized carbons (Fsp3) is 0.167. The van der Waals surface area contributed by atoms with Gasteiger partial charge in [0, 0.05) is 17.4 Å². The largest absolute Gasteiger partial charge is 0.487 e. The number of hydrogen-bond donors (Lipinski definition) is 1. The third-order valence-corrected chi connectivity index (χ3v) is 4.21. The Hall–Kier alpha value is -2.17. The molecule has 0 atom stereocenters. The lowest BCUT2D eigenvalue weighted by molar-refractivity contribution is 0.257. The van der Waals surface area contributed by atoms with E-state index in [4.69, 9.17) is 4.74 Å². The maximum Gasteiger partial charge on any atom is 0.131 e. The molecule has 3 aromatic rings. The van der Waals surface area contributed by atoms with E-state index in [0.717, 1.165) is 22.7 Å². The maximum absolute atomic E-state index is 9.29. The van der Waals surface area contributed by atoms with E-state index in [0.29, 0.717) is 12.4 Å². The van der Waals surface area contributed by atoms with Gasteiger partial charge in [0.1, 0.15) is 12.4 Å². The first-order valence-corrected chi connectivity index (χ1v) is 8.02. The molecule has 1 aromatic heterocycles. The second-order valence-corrected chi connectivity index (χ2v) is 5.89. The molecule has 0 amide bonds. The van der Waals surface area contributed by atoms with Crippen LogP contribution in [0.5, 0.6) is 5.75 Å². The Morgan fingerprint density at radius 1 is 1.00 bits per heavy atom. The van der Waals surface area contributed by atoms with Crippen molar-refractivity contribution in [3.8, 4) is 5.75 Å². The quantitative estimate of drug-likeness (QED) is 0.753. The molecule has 0 unspecified atom stereocenters. The van der Waals surface area contributed by atoms with E-state index >= 15 is 0 Å². The first kappa shape index (κ1) is 14.8. The summed E-state index contributed by atoms with van der Waals surface area (Å²) in [6, 6.07) is 17.8. The molecule has 0 saturated heterocycles. The molecule has 0 saturated carbocycles. The van der Waals surface area contributed by atoms with Crippen LogP contribution < -0.4 is 4.74 Å². The van der Waals surface area contributed by atoms with E-state index in [1.54, 1.807) is 11.3 Å². The van der Waals surface area contributed by atoms with Crippen LogP contribution in [-0.2, 0) is 19.6 Å². The average Bonchev–Trinajstić information content (AvgIpc) is 3.01. The second kappa shape index (κ2) is 7.20. The van der Waals surface area contributed by atoms with Gasteiger partial charge in [-0.1, -0.05) is 48.5 Å². The minimum atomic E-state index is -0.0213. The van der Waals surface area contributed by atoms with Crippen LogP contribution in [0.15, 0.2) is 60.0 Å². The number of aromatic nitrogens is 1. The van der Waals surface area contributed by atoms with Crippen molar-refractivity contribution in [2.45, 2.75) is 19.6 Å². The van der Waals surface area contributed by atoms with Gasteiger partial charge in [-0.15, -0.1) is 11.3 Å². The first-order valence-electron chi connectivity index (χ1n) is 7.14. The summed E-state index contributed by atoms with van der Waals surface area (Å²) in [5.41, 5.74) is 2.97. The van der Waals surface area contributed by atoms with Crippen LogP contribution in [0.1, 0.15) is 21.8 Å². The summed E-state index contributed by atoms with van der Waals surface area (Å²) in [5, 5.41) is 12.4. The smallest absolute Gasteiger partial charge is 0.131 e. The normalized spacial score (nSPS) is 10.6. The highest BCUT2D eigenvalue weighted by Gasteiger charge is 2.06. The van der Waals surface area contributed by atoms with Gasteiger partial charge in [0.05, 0.1) is 17.3 Å². The van der Waals surface area contributed by atoms with Crippen molar-refractivity contribution in [2.75, 3.05) is 0 Å². The molecule has 0 aliphatic heterocycles. The van der Waals surface area contributed by atoms with Gasteiger partial charge in [0.15, 0.2) is 0 Å². The summed E-state index contributed by atoms with van der Waals surface area (Å²) in [4.78, 5) is 4.61. The standard InChI is InChI=1S/C18H17NO2S/c20-11-15-8-4-5-9-17(15)21-12-16-13-22-18(19-16)10-14-6-2-1-3-7-14/h1-9,13,20H,10-12H2. The van der Waals surface area contributed by atoms with E-state index in [9.17, 15) is 5.11 Å². The number of nitrogens with zero attached hydrogens (tertiary/aromatic N) is 1. The monoisotopic (exact) mass is 311 g/mol. The van der Waals surface area contributed by atoms with Crippen LogP contribution in [-0.4, -0.2) is 10.1 Å². The summed E-state index contributed by atoms with van der Waals surface area (Å²) in [6.45, 7) is 0.398. The van der Waals surface area contributed by atoms with Crippen molar-refractivity contribution in [3.05, 3.63) is 81.8 Å². The Morgan fingerprint density at radius 2 is 1.77 bits per heavy atom. The highest BCUT2D eigenvalue weighted by molar-refractivity contribution is 7.09. The molecule has 0 aliphatic rings. The van der Waals surface area contributed by atoms with Gasteiger partial charge >= 0.3 is 0 Å².